The molecule has 1 fully saturated rings. The van der Waals surface area contributed by atoms with Crippen LogP contribution in [0.1, 0.15) is 12.8 Å². The van der Waals surface area contributed by atoms with Gasteiger partial charge in [0.05, 0.1) is 6.61 Å². The lowest BCUT2D eigenvalue weighted by atomic mass is 10.1. The molecule has 1 aromatic carbocycles. The normalized spacial score (nSPS) is 17.3. The molecule has 1 unspecified atom stereocenters. The number of guanidine groups is 1. The van der Waals surface area contributed by atoms with E-state index in [0.29, 0.717) is 5.92 Å². The number of rotatable bonds is 7. The molecule has 2 rings (SSSR count). The van der Waals surface area contributed by atoms with Gasteiger partial charge in [-0.2, -0.15) is 0 Å². The number of para-hydroxylation sites is 1. The molecule has 5 nitrogen and oxygen atoms in total. The molecule has 1 N–H and O–H groups in total. The lowest BCUT2D eigenvalue weighted by Gasteiger charge is -2.25. The van der Waals surface area contributed by atoms with Crippen LogP contribution in [0, 0.1) is 5.92 Å². The molecule has 0 saturated carbocycles. The second-order valence-corrected chi connectivity index (χ2v) is 6.19. The Kier molecular flexibility index (Phi) is 10.1. The quantitative estimate of drug-likeness (QED) is 0.303. The molecule has 1 aromatic rings. The summed E-state index contributed by atoms with van der Waals surface area (Å²) in [6.45, 7) is 4.73. The van der Waals surface area contributed by atoms with E-state index in [1.165, 1.54) is 5.69 Å². The number of aliphatic imine (C=N–C) groups is 1. The van der Waals surface area contributed by atoms with E-state index in [1.54, 1.807) is 0 Å². The summed E-state index contributed by atoms with van der Waals surface area (Å²) in [6.07, 6.45) is 2.23. The molecular formula is C18H31IN4O. The molecule has 0 aliphatic carbocycles. The Morgan fingerprint density at radius 3 is 2.67 bits per heavy atom. The molecule has 1 aliphatic rings. The van der Waals surface area contributed by atoms with Crippen LogP contribution in [0.25, 0.3) is 0 Å². The van der Waals surface area contributed by atoms with E-state index in [0.717, 1.165) is 51.6 Å². The molecule has 1 heterocycles. The van der Waals surface area contributed by atoms with Crippen molar-refractivity contribution in [2.75, 3.05) is 58.9 Å². The first kappa shape index (κ1) is 21.0. The average molecular weight is 446 g/mol. The van der Waals surface area contributed by atoms with Crippen molar-refractivity contribution < 1.29 is 4.74 Å². The molecule has 0 amide bonds. The predicted octanol–water partition coefficient (Wildman–Crippen LogP) is 2.67. The third-order valence-electron chi connectivity index (χ3n) is 4.28. The molecule has 136 valence electrons. The Balaban J connectivity index is 0.00000288. The summed E-state index contributed by atoms with van der Waals surface area (Å²) in [5.74, 6) is 1.60. The zero-order chi connectivity index (χ0) is 16.5. The van der Waals surface area contributed by atoms with Crippen molar-refractivity contribution in [3.8, 4) is 0 Å². The van der Waals surface area contributed by atoms with Crippen LogP contribution >= 0.6 is 24.0 Å². The number of nitrogens with one attached hydrogen (secondary N) is 1. The largest absolute Gasteiger partial charge is 0.381 e. The highest BCUT2D eigenvalue weighted by Gasteiger charge is 2.18. The van der Waals surface area contributed by atoms with E-state index >= 15 is 0 Å². The summed E-state index contributed by atoms with van der Waals surface area (Å²) in [5, 5.41) is 3.46. The van der Waals surface area contributed by atoms with Crippen molar-refractivity contribution in [1.82, 2.24) is 10.2 Å². The lowest BCUT2D eigenvalue weighted by molar-refractivity contribution is 0.181. The maximum atomic E-state index is 5.45. The zero-order valence-electron chi connectivity index (χ0n) is 15.1. The highest BCUT2D eigenvalue weighted by Crippen LogP contribution is 2.13. The van der Waals surface area contributed by atoms with Crippen molar-refractivity contribution in [2.24, 2.45) is 10.9 Å². The molecule has 24 heavy (non-hydrogen) atoms. The van der Waals surface area contributed by atoms with E-state index in [2.05, 4.69) is 58.5 Å². The first-order chi connectivity index (χ1) is 11.2. The van der Waals surface area contributed by atoms with Crippen LogP contribution in [0.4, 0.5) is 5.69 Å². The predicted molar refractivity (Wildman–Crippen MR) is 113 cm³/mol. The first-order valence-corrected chi connectivity index (χ1v) is 8.46. The van der Waals surface area contributed by atoms with Gasteiger partial charge in [-0.3, -0.25) is 4.99 Å². The minimum absolute atomic E-state index is 0. The lowest BCUT2D eigenvalue weighted by Crippen LogP contribution is -2.42. The van der Waals surface area contributed by atoms with E-state index in [-0.39, 0.29) is 24.0 Å². The van der Waals surface area contributed by atoms with Crippen LogP contribution in [0.5, 0.6) is 0 Å². The number of halogens is 1. The number of anilines is 1. The molecule has 0 spiro atoms. The molecule has 1 saturated heterocycles. The van der Waals surface area contributed by atoms with Crippen LogP contribution in [0.15, 0.2) is 35.3 Å². The van der Waals surface area contributed by atoms with Gasteiger partial charge >= 0.3 is 0 Å². The van der Waals surface area contributed by atoms with Crippen molar-refractivity contribution in [2.45, 2.75) is 12.8 Å². The number of hydrogen-bond acceptors (Lipinski definition) is 3. The fraction of sp³-hybridized carbons (Fsp3) is 0.611. The summed E-state index contributed by atoms with van der Waals surface area (Å²) in [6, 6.07) is 10.5. The number of nitrogens with zero attached hydrogens (tertiary/aromatic N) is 3. The first-order valence-electron chi connectivity index (χ1n) is 8.46. The Hall–Kier alpha value is -1.02. The third kappa shape index (κ3) is 6.84. The monoisotopic (exact) mass is 446 g/mol. The molecule has 6 heteroatoms. The third-order valence-corrected chi connectivity index (χ3v) is 4.28. The van der Waals surface area contributed by atoms with E-state index in [4.69, 9.17) is 4.74 Å². The fourth-order valence-corrected chi connectivity index (χ4v) is 2.91. The van der Waals surface area contributed by atoms with Crippen LogP contribution < -0.4 is 10.2 Å². The van der Waals surface area contributed by atoms with Crippen LogP contribution in [0.2, 0.25) is 0 Å². The number of ether oxygens (including phenoxy) is 1. The van der Waals surface area contributed by atoms with Gasteiger partial charge in [0.15, 0.2) is 5.96 Å². The molecule has 0 bridgehead atoms. The Morgan fingerprint density at radius 1 is 1.29 bits per heavy atom. The highest BCUT2D eigenvalue weighted by atomic mass is 127. The van der Waals surface area contributed by atoms with Crippen LogP contribution in [0.3, 0.4) is 0 Å². The minimum atomic E-state index is 0. The number of benzene rings is 1. The van der Waals surface area contributed by atoms with E-state index in [1.807, 2.05) is 13.1 Å². The Bertz CT molecular complexity index is 477. The summed E-state index contributed by atoms with van der Waals surface area (Å²) in [4.78, 5) is 8.87. The number of hydrogen-bond donors (Lipinski definition) is 1. The molecular weight excluding hydrogens is 415 g/mol. The maximum absolute atomic E-state index is 5.45. The van der Waals surface area contributed by atoms with E-state index < -0.39 is 0 Å². The average Bonchev–Trinajstić information content (AvgIpc) is 3.08. The second kappa shape index (κ2) is 11.5. The Morgan fingerprint density at radius 2 is 2.04 bits per heavy atom. The zero-order valence-corrected chi connectivity index (χ0v) is 17.4. The van der Waals surface area contributed by atoms with Crippen LogP contribution in [-0.4, -0.2) is 64.9 Å². The van der Waals surface area contributed by atoms with Gasteiger partial charge in [-0.05, 0) is 25.0 Å². The van der Waals surface area contributed by atoms with Crippen molar-refractivity contribution >= 4 is 35.6 Å². The van der Waals surface area contributed by atoms with Gasteiger partial charge in [-0.25, -0.2) is 0 Å². The van der Waals surface area contributed by atoms with Gasteiger partial charge in [0, 0.05) is 59.0 Å². The molecule has 1 atom stereocenters. The van der Waals surface area contributed by atoms with Gasteiger partial charge in [-0.15, -0.1) is 24.0 Å². The smallest absolute Gasteiger partial charge is 0.193 e. The summed E-state index contributed by atoms with van der Waals surface area (Å²) in [5.41, 5.74) is 1.26. The van der Waals surface area contributed by atoms with Gasteiger partial charge in [-0.1, -0.05) is 18.2 Å². The van der Waals surface area contributed by atoms with Gasteiger partial charge < -0.3 is 19.9 Å². The molecule has 0 radical (unpaired) electrons. The van der Waals surface area contributed by atoms with Gasteiger partial charge in [0.2, 0.25) is 0 Å². The highest BCUT2D eigenvalue weighted by molar-refractivity contribution is 14.0. The Labute approximate surface area is 163 Å². The molecule has 0 aromatic heterocycles. The van der Waals surface area contributed by atoms with Crippen molar-refractivity contribution in [3.63, 3.8) is 0 Å². The summed E-state index contributed by atoms with van der Waals surface area (Å²) < 4.78 is 5.45. The topological polar surface area (TPSA) is 40.1 Å². The maximum Gasteiger partial charge on any atom is 0.193 e. The standard InChI is InChI=1S/C18H30N4O.HI/c1-19-18(22(3)14-16-10-13-23-15-16)20-11-7-12-21(2)17-8-5-4-6-9-17;/h4-6,8-9,16H,7,10-15H2,1-3H3,(H,19,20);1H. The van der Waals surface area contributed by atoms with Gasteiger partial charge in [0.1, 0.15) is 0 Å². The second-order valence-electron chi connectivity index (χ2n) is 6.19. The molecule has 1 aliphatic heterocycles. The van der Waals surface area contributed by atoms with Crippen molar-refractivity contribution in [3.05, 3.63) is 30.3 Å². The minimum Gasteiger partial charge on any atom is -0.381 e. The summed E-state index contributed by atoms with van der Waals surface area (Å²) in [7, 11) is 6.08. The summed E-state index contributed by atoms with van der Waals surface area (Å²) >= 11 is 0. The fourth-order valence-electron chi connectivity index (χ4n) is 2.91. The van der Waals surface area contributed by atoms with Crippen molar-refractivity contribution in [1.29, 1.82) is 0 Å². The van der Waals surface area contributed by atoms with Crippen LogP contribution in [-0.2, 0) is 4.74 Å². The van der Waals surface area contributed by atoms with Gasteiger partial charge in [0.25, 0.3) is 0 Å². The van der Waals surface area contributed by atoms with E-state index in [9.17, 15) is 0 Å². The SMILES string of the molecule is CN=C(NCCCN(C)c1ccccc1)N(C)CC1CCOC1.I.